The number of tetrazole rings is 1. The number of aryl methyl sites for hydroxylation is 2. The number of nitrogens with zero attached hydrogens (tertiary/aromatic N) is 5. The summed E-state index contributed by atoms with van der Waals surface area (Å²) in [6.07, 6.45) is 0.900. The molecular weight excluding hydrogens is 448 g/mol. The molecule has 1 N–H and O–H groups in total. The molecule has 0 aliphatic rings. The number of nitrogens with one attached hydrogen (secondary N) is 1. The van der Waals surface area contributed by atoms with Crippen LogP contribution in [0.2, 0.25) is 0 Å². The van der Waals surface area contributed by atoms with Crippen molar-refractivity contribution in [1.82, 2.24) is 30.1 Å². The van der Waals surface area contributed by atoms with Crippen LogP contribution in [0.3, 0.4) is 0 Å². The van der Waals surface area contributed by atoms with Gasteiger partial charge >= 0.3 is 0 Å². The van der Waals surface area contributed by atoms with Gasteiger partial charge in [-0.1, -0.05) is 51.1 Å². The number of rotatable bonds is 9. The van der Waals surface area contributed by atoms with Crippen LogP contribution in [0.4, 0.5) is 0 Å². The second-order valence-electron chi connectivity index (χ2n) is 10.8. The zero-order chi connectivity index (χ0) is 26.0. The number of pyridine rings is 1. The first-order valence-electron chi connectivity index (χ1n) is 12.8. The number of aromatic amines is 1. The van der Waals surface area contributed by atoms with Crippen LogP contribution < -0.4 is 5.56 Å². The Labute approximate surface area is 213 Å². The Bertz CT molecular complexity index is 1390. The van der Waals surface area contributed by atoms with Crippen LogP contribution in [0, 0.1) is 19.8 Å². The van der Waals surface area contributed by atoms with Gasteiger partial charge in [-0.25, -0.2) is 4.68 Å². The lowest BCUT2D eigenvalue weighted by Gasteiger charge is -2.35. The van der Waals surface area contributed by atoms with Crippen LogP contribution in [0.25, 0.3) is 10.9 Å². The highest BCUT2D eigenvalue weighted by Gasteiger charge is 2.33. The van der Waals surface area contributed by atoms with E-state index in [-0.39, 0.29) is 23.1 Å². The molecule has 0 radical (unpaired) electrons. The predicted octanol–water partition coefficient (Wildman–Crippen LogP) is 5.68. The monoisotopic (exact) mass is 486 g/mol. The second-order valence-corrected chi connectivity index (χ2v) is 10.8. The zero-order valence-corrected chi connectivity index (χ0v) is 22.5. The molecule has 0 bridgehead atoms. The fraction of sp³-hybridized carbons (Fsp3) is 0.448. The number of benzene rings is 2. The Kier molecular flexibility index (Phi) is 7.41. The Morgan fingerprint density at radius 1 is 1.03 bits per heavy atom. The Morgan fingerprint density at radius 3 is 2.39 bits per heavy atom. The van der Waals surface area contributed by atoms with Crippen LogP contribution in [-0.4, -0.2) is 30.1 Å². The van der Waals surface area contributed by atoms with Crippen LogP contribution in [0.1, 0.15) is 75.2 Å². The maximum absolute atomic E-state index is 13.2. The molecule has 2 aromatic heterocycles. The molecule has 0 saturated heterocycles. The molecule has 1 atom stereocenters. The van der Waals surface area contributed by atoms with Gasteiger partial charge in [0.25, 0.3) is 5.56 Å². The van der Waals surface area contributed by atoms with Gasteiger partial charge in [0.2, 0.25) is 0 Å². The quantitative estimate of drug-likeness (QED) is 0.329. The van der Waals surface area contributed by atoms with Crippen molar-refractivity contribution in [2.45, 2.75) is 79.6 Å². The number of hydrogen-bond donors (Lipinski definition) is 1. The zero-order valence-electron chi connectivity index (χ0n) is 22.5. The lowest BCUT2D eigenvalue weighted by Crippen LogP contribution is -2.38. The molecule has 0 aliphatic heterocycles. The van der Waals surface area contributed by atoms with E-state index in [2.05, 4.69) is 110 Å². The molecule has 0 aliphatic carbocycles. The Morgan fingerprint density at radius 2 is 1.72 bits per heavy atom. The summed E-state index contributed by atoms with van der Waals surface area (Å²) in [6, 6.07) is 16.5. The topological polar surface area (TPSA) is 79.7 Å². The fourth-order valence-electron chi connectivity index (χ4n) is 4.77. The van der Waals surface area contributed by atoms with E-state index >= 15 is 0 Å². The number of H-pyrrole nitrogens is 1. The molecular formula is C29H38N6O. The summed E-state index contributed by atoms with van der Waals surface area (Å²) in [7, 11) is 0. The van der Waals surface area contributed by atoms with Gasteiger partial charge in [-0.15, -0.1) is 5.10 Å². The maximum atomic E-state index is 13.2. The van der Waals surface area contributed by atoms with Crippen molar-refractivity contribution in [1.29, 1.82) is 0 Å². The van der Waals surface area contributed by atoms with E-state index in [9.17, 15) is 4.79 Å². The first kappa shape index (κ1) is 25.8. The van der Waals surface area contributed by atoms with Crippen molar-refractivity contribution < 1.29 is 0 Å². The first-order valence-corrected chi connectivity index (χ1v) is 12.8. The van der Waals surface area contributed by atoms with Crippen molar-refractivity contribution in [3.05, 3.63) is 87.0 Å². The van der Waals surface area contributed by atoms with Crippen LogP contribution in [0.15, 0.2) is 53.3 Å². The normalized spacial score (nSPS) is 13.1. The molecule has 2 aromatic carbocycles. The molecule has 36 heavy (non-hydrogen) atoms. The average Bonchev–Trinajstić information content (AvgIpc) is 3.32. The van der Waals surface area contributed by atoms with E-state index in [1.54, 1.807) is 0 Å². The standard InChI is InChI=1S/C29H38N6O/c1-8-29(6,7)35-27(31-32-33-35)26(19(2)3)34(17-22-12-10-9-11-13-22)18-24-16-23-14-20(4)21(5)15-25(23)30-28(24)36/h9-16,19,26H,8,17-18H2,1-7H3,(H,30,36)/t26-/m1/s1. The SMILES string of the molecule is CCC(C)(C)n1nnnc1[C@@H](C(C)C)N(Cc1ccccc1)Cc1cc2cc(C)c(C)cc2[nH]c1=O. The average molecular weight is 487 g/mol. The van der Waals surface area contributed by atoms with E-state index in [0.29, 0.717) is 13.1 Å². The van der Waals surface area contributed by atoms with Crippen molar-refractivity contribution >= 4 is 10.9 Å². The van der Waals surface area contributed by atoms with E-state index < -0.39 is 0 Å². The highest BCUT2D eigenvalue weighted by atomic mass is 16.1. The summed E-state index contributed by atoms with van der Waals surface area (Å²) in [4.78, 5) is 18.7. The smallest absolute Gasteiger partial charge is 0.252 e. The second kappa shape index (κ2) is 10.3. The van der Waals surface area contributed by atoms with Gasteiger partial charge in [0, 0.05) is 24.2 Å². The minimum absolute atomic E-state index is 0.0557. The van der Waals surface area contributed by atoms with Gasteiger partial charge in [-0.05, 0) is 90.7 Å². The number of fused-ring (bicyclic) bond motifs is 1. The van der Waals surface area contributed by atoms with Gasteiger partial charge in [-0.3, -0.25) is 9.69 Å². The van der Waals surface area contributed by atoms with Gasteiger partial charge in [0.05, 0.1) is 11.6 Å². The molecule has 7 nitrogen and oxygen atoms in total. The summed E-state index contributed by atoms with van der Waals surface area (Å²) in [5.41, 5.74) is 4.89. The third-order valence-corrected chi connectivity index (χ3v) is 7.36. The summed E-state index contributed by atoms with van der Waals surface area (Å²) < 4.78 is 1.96. The minimum Gasteiger partial charge on any atom is -0.322 e. The molecule has 4 rings (SSSR count). The molecule has 0 saturated carbocycles. The fourth-order valence-corrected chi connectivity index (χ4v) is 4.77. The molecule has 2 heterocycles. The Hall–Kier alpha value is -3.32. The maximum Gasteiger partial charge on any atom is 0.252 e. The Balaban J connectivity index is 1.82. The lowest BCUT2D eigenvalue weighted by atomic mass is 9.96. The van der Waals surface area contributed by atoms with Crippen LogP contribution >= 0.6 is 0 Å². The largest absolute Gasteiger partial charge is 0.322 e. The summed E-state index contributed by atoms with van der Waals surface area (Å²) in [5.74, 6) is 1.05. The van der Waals surface area contributed by atoms with E-state index in [0.717, 1.165) is 28.7 Å². The molecule has 7 heteroatoms. The van der Waals surface area contributed by atoms with Gasteiger partial charge < -0.3 is 4.98 Å². The van der Waals surface area contributed by atoms with E-state index in [4.69, 9.17) is 0 Å². The van der Waals surface area contributed by atoms with Gasteiger partial charge in [0.1, 0.15) is 0 Å². The lowest BCUT2D eigenvalue weighted by molar-refractivity contribution is 0.118. The van der Waals surface area contributed by atoms with Gasteiger partial charge in [0.15, 0.2) is 5.82 Å². The van der Waals surface area contributed by atoms with Crippen molar-refractivity contribution in [3.63, 3.8) is 0 Å². The van der Waals surface area contributed by atoms with E-state index in [1.807, 2.05) is 16.8 Å². The molecule has 4 aromatic rings. The van der Waals surface area contributed by atoms with Gasteiger partial charge in [-0.2, -0.15) is 0 Å². The molecule has 0 unspecified atom stereocenters. The first-order chi connectivity index (χ1) is 17.1. The number of aromatic nitrogens is 5. The van der Waals surface area contributed by atoms with E-state index in [1.165, 1.54) is 16.7 Å². The van der Waals surface area contributed by atoms with Crippen molar-refractivity contribution in [3.8, 4) is 0 Å². The number of hydrogen-bond acceptors (Lipinski definition) is 5. The highest BCUT2D eigenvalue weighted by Crippen LogP contribution is 2.33. The van der Waals surface area contributed by atoms with Crippen molar-refractivity contribution in [2.75, 3.05) is 0 Å². The predicted molar refractivity (Wildman–Crippen MR) is 145 cm³/mol. The van der Waals surface area contributed by atoms with Crippen molar-refractivity contribution in [2.24, 2.45) is 5.92 Å². The molecule has 0 amide bonds. The minimum atomic E-state index is -0.222. The van der Waals surface area contributed by atoms with Crippen LogP contribution in [0.5, 0.6) is 0 Å². The summed E-state index contributed by atoms with van der Waals surface area (Å²) >= 11 is 0. The van der Waals surface area contributed by atoms with Crippen LogP contribution in [-0.2, 0) is 18.6 Å². The summed E-state index contributed by atoms with van der Waals surface area (Å²) in [5, 5.41) is 14.0. The molecule has 0 spiro atoms. The third kappa shape index (κ3) is 5.26. The highest BCUT2D eigenvalue weighted by molar-refractivity contribution is 5.80. The third-order valence-electron chi connectivity index (χ3n) is 7.36. The summed E-state index contributed by atoms with van der Waals surface area (Å²) in [6.45, 7) is 16.2. The molecule has 0 fully saturated rings. The molecule has 190 valence electrons.